The first-order valence-corrected chi connectivity index (χ1v) is 7.55. The minimum absolute atomic E-state index is 0.0679. The van der Waals surface area contributed by atoms with Crippen LogP contribution in [-0.2, 0) is 9.53 Å². The fourth-order valence-corrected chi connectivity index (χ4v) is 3.38. The number of aromatic nitrogens is 2. The van der Waals surface area contributed by atoms with Gasteiger partial charge in [0.05, 0.1) is 18.0 Å². The number of carbonyl (C=O) groups excluding carboxylic acids is 1. The minimum Gasteiger partial charge on any atom is -0.469 e. The Balaban J connectivity index is 1.97. The third-order valence-corrected chi connectivity index (χ3v) is 5.24. The number of hydrazine groups is 1. The van der Waals surface area contributed by atoms with Gasteiger partial charge in [0.25, 0.3) is 0 Å². The van der Waals surface area contributed by atoms with Crippen LogP contribution in [0.1, 0.15) is 19.3 Å². The number of rotatable bonds is 6. The topological polar surface area (TPSA) is 90.1 Å². The van der Waals surface area contributed by atoms with Crippen molar-refractivity contribution in [1.29, 1.82) is 0 Å². The molecule has 1 heterocycles. The second kappa shape index (κ2) is 6.06. The number of hydrogen-bond donors (Lipinski definition) is 2. The molecule has 19 heavy (non-hydrogen) atoms. The van der Waals surface area contributed by atoms with Crippen LogP contribution in [0.5, 0.6) is 0 Å². The molecule has 0 aliphatic heterocycles. The fraction of sp³-hybridized carbons (Fsp3) is 0.545. The molecule has 0 aromatic carbocycles. The molecule has 2 rings (SSSR count). The van der Waals surface area contributed by atoms with Gasteiger partial charge >= 0.3 is 5.97 Å². The number of nitrogens with zero attached hydrogens (tertiary/aromatic N) is 2. The summed E-state index contributed by atoms with van der Waals surface area (Å²) in [6.07, 6.45) is 4.24. The monoisotopic (exact) mass is 346 g/mol. The van der Waals surface area contributed by atoms with Gasteiger partial charge < -0.3 is 4.74 Å². The van der Waals surface area contributed by atoms with E-state index in [0.29, 0.717) is 12.4 Å². The van der Waals surface area contributed by atoms with E-state index in [2.05, 4.69) is 31.3 Å². The van der Waals surface area contributed by atoms with Crippen LogP contribution in [0.3, 0.4) is 0 Å². The lowest BCUT2D eigenvalue weighted by Crippen LogP contribution is -2.14. The summed E-state index contributed by atoms with van der Waals surface area (Å²) in [4.78, 5) is 19.6. The van der Waals surface area contributed by atoms with Gasteiger partial charge in [-0.05, 0) is 34.2 Å². The summed E-state index contributed by atoms with van der Waals surface area (Å²) < 4.78 is 5.55. The Morgan fingerprint density at radius 1 is 1.68 bits per heavy atom. The van der Waals surface area contributed by atoms with E-state index in [4.69, 9.17) is 10.6 Å². The number of nitrogen functional groups attached to an aromatic ring is 1. The molecule has 1 fully saturated rings. The molecule has 0 spiro atoms. The summed E-state index contributed by atoms with van der Waals surface area (Å²) in [5.74, 6) is 6.35. The zero-order valence-corrected chi connectivity index (χ0v) is 12.9. The van der Waals surface area contributed by atoms with Gasteiger partial charge in [-0.2, -0.15) is 0 Å². The predicted molar refractivity (Wildman–Crippen MR) is 76.6 cm³/mol. The molecule has 8 heteroatoms. The Labute approximate surface area is 124 Å². The highest BCUT2D eigenvalue weighted by atomic mass is 79.9. The van der Waals surface area contributed by atoms with Gasteiger partial charge in [-0.3, -0.25) is 10.2 Å². The lowest BCUT2D eigenvalue weighted by atomic mass is 10.1. The number of nitrogens with one attached hydrogen (secondary N) is 1. The van der Waals surface area contributed by atoms with Crippen molar-refractivity contribution < 1.29 is 9.53 Å². The molecule has 0 unspecified atom stereocenters. The van der Waals surface area contributed by atoms with Gasteiger partial charge in [-0.25, -0.2) is 15.8 Å². The van der Waals surface area contributed by atoms with Crippen LogP contribution in [-0.4, -0.2) is 28.8 Å². The number of halogens is 1. The molecular weight excluding hydrogens is 332 g/mol. The number of anilines is 1. The van der Waals surface area contributed by atoms with Crippen molar-refractivity contribution in [3.8, 4) is 0 Å². The number of esters is 1. The summed E-state index contributed by atoms with van der Waals surface area (Å²) in [5.41, 5.74) is 2.49. The standard InChI is InChI=1S/C11H15BrN4O2S/c1-18-8(17)4-11(2-3-11)6-19-9-7(12)5-14-10(15-9)16-13/h5H,2-4,6,13H2,1H3,(H,14,15,16). The van der Waals surface area contributed by atoms with E-state index in [0.717, 1.165) is 28.1 Å². The van der Waals surface area contributed by atoms with Gasteiger partial charge in [-0.15, -0.1) is 11.8 Å². The molecule has 6 nitrogen and oxygen atoms in total. The van der Waals surface area contributed by atoms with Gasteiger partial charge in [0, 0.05) is 11.9 Å². The zero-order valence-electron chi connectivity index (χ0n) is 10.5. The van der Waals surface area contributed by atoms with Crippen molar-refractivity contribution >= 4 is 39.6 Å². The number of ether oxygens (including phenoxy) is 1. The molecule has 1 aliphatic carbocycles. The molecule has 0 amide bonds. The highest BCUT2D eigenvalue weighted by molar-refractivity contribution is 9.10. The normalized spacial score (nSPS) is 15.9. The molecule has 1 aromatic heterocycles. The summed E-state index contributed by atoms with van der Waals surface area (Å²) in [6.45, 7) is 0. The van der Waals surface area contributed by atoms with Crippen LogP contribution in [0.2, 0.25) is 0 Å². The maximum atomic E-state index is 11.4. The van der Waals surface area contributed by atoms with E-state index in [9.17, 15) is 4.79 Å². The number of nitrogens with two attached hydrogens (primary N) is 1. The highest BCUT2D eigenvalue weighted by Crippen LogP contribution is 2.52. The van der Waals surface area contributed by atoms with E-state index in [-0.39, 0.29) is 11.4 Å². The van der Waals surface area contributed by atoms with Crippen LogP contribution in [0, 0.1) is 5.41 Å². The third-order valence-electron chi connectivity index (χ3n) is 3.06. The van der Waals surface area contributed by atoms with Gasteiger partial charge in [0.1, 0.15) is 5.03 Å². The maximum absolute atomic E-state index is 11.4. The number of methoxy groups -OCH3 is 1. The summed E-state index contributed by atoms with van der Waals surface area (Å²) in [6, 6.07) is 0. The molecule has 1 aromatic rings. The van der Waals surface area contributed by atoms with Crippen LogP contribution in [0.4, 0.5) is 5.95 Å². The Morgan fingerprint density at radius 3 is 3.00 bits per heavy atom. The van der Waals surface area contributed by atoms with Crippen molar-refractivity contribution in [3.63, 3.8) is 0 Å². The fourth-order valence-electron chi connectivity index (χ4n) is 1.67. The number of carbonyl (C=O) groups is 1. The molecule has 0 saturated heterocycles. The van der Waals surface area contributed by atoms with E-state index in [1.54, 1.807) is 18.0 Å². The lowest BCUT2D eigenvalue weighted by Gasteiger charge is -2.13. The average molecular weight is 347 g/mol. The van der Waals surface area contributed by atoms with Gasteiger partial charge in [0.15, 0.2) is 0 Å². The molecule has 1 aliphatic rings. The molecule has 0 bridgehead atoms. The Morgan fingerprint density at radius 2 is 2.42 bits per heavy atom. The summed E-state index contributed by atoms with van der Waals surface area (Å²) >= 11 is 5.00. The summed E-state index contributed by atoms with van der Waals surface area (Å²) in [5, 5.41) is 0.819. The third kappa shape index (κ3) is 3.80. The van der Waals surface area contributed by atoms with Crippen molar-refractivity contribution in [1.82, 2.24) is 9.97 Å². The van der Waals surface area contributed by atoms with Crippen LogP contribution >= 0.6 is 27.7 Å². The average Bonchev–Trinajstić information content (AvgIpc) is 3.18. The quantitative estimate of drug-likeness (QED) is 0.267. The first-order chi connectivity index (χ1) is 9.08. The molecular formula is C11H15BrN4O2S. The molecule has 104 valence electrons. The Kier molecular flexibility index (Phi) is 4.64. The molecule has 0 radical (unpaired) electrons. The molecule has 0 atom stereocenters. The van der Waals surface area contributed by atoms with E-state index < -0.39 is 0 Å². The van der Waals surface area contributed by atoms with Crippen molar-refractivity contribution in [2.75, 3.05) is 18.3 Å². The van der Waals surface area contributed by atoms with E-state index in [1.165, 1.54) is 7.11 Å². The van der Waals surface area contributed by atoms with Crippen molar-refractivity contribution in [3.05, 3.63) is 10.7 Å². The van der Waals surface area contributed by atoms with Crippen LogP contribution < -0.4 is 11.3 Å². The largest absolute Gasteiger partial charge is 0.469 e. The second-order valence-corrected chi connectivity index (χ2v) is 6.35. The second-order valence-electron chi connectivity index (χ2n) is 4.53. The first kappa shape index (κ1) is 14.5. The van der Waals surface area contributed by atoms with Gasteiger partial charge in [0.2, 0.25) is 5.95 Å². The van der Waals surface area contributed by atoms with Crippen molar-refractivity contribution in [2.24, 2.45) is 11.3 Å². The SMILES string of the molecule is COC(=O)CC1(CSc2nc(NN)ncc2Br)CC1. The van der Waals surface area contributed by atoms with E-state index >= 15 is 0 Å². The number of hydrogen-bond acceptors (Lipinski definition) is 7. The van der Waals surface area contributed by atoms with Crippen molar-refractivity contribution in [2.45, 2.75) is 24.3 Å². The Bertz CT molecular complexity index is 482. The van der Waals surface area contributed by atoms with Crippen LogP contribution in [0.25, 0.3) is 0 Å². The molecule has 3 N–H and O–H groups in total. The predicted octanol–water partition coefficient (Wildman–Crippen LogP) is 1.96. The van der Waals surface area contributed by atoms with E-state index in [1.807, 2.05) is 0 Å². The number of thioether (sulfide) groups is 1. The van der Waals surface area contributed by atoms with Gasteiger partial charge in [-0.1, -0.05) is 0 Å². The minimum atomic E-state index is -0.149. The van der Waals surface area contributed by atoms with Crippen LogP contribution in [0.15, 0.2) is 15.7 Å². The highest BCUT2D eigenvalue weighted by Gasteiger charge is 2.44. The Hall–Kier alpha value is -0.860. The summed E-state index contributed by atoms with van der Waals surface area (Å²) in [7, 11) is 1.42. The molecule has 1 saturated carbocycles. The smallest absolute Gasteiger partial charge is 0.306 e. The first-order valence-electron chi connectivity index (χ1n) is 5.77. The lowest BCUT2D eigenvalue weighted by molar-refractivity contribution is -0.141. The maximum Gasteiger partial charge on any atom is 0.306 e. The zero-order chi connectivity index (χ0) is 13.9.